The number of fused-ring (bicyclic) bond motifs is 1. The van der Waals surface area contributed by atoms with Crippen LogP contribution in [0.25, 0.3) is 0 Å². The number of amides is 1. The van der Waals surface area contributed by atoms with Crippen LogP contribution in [0.2, 0.25) is 0 Å². The number of thiophene rings is 1. The van der Waals surface area contributed by atoms with Crippen molar-refractivity contribution in [2.45, 2.75) is 19.9 Å². The van der Waals surface area contributed by atoms with E-state index in [0.717, 1.165) is 16.3 Å². The molecule has 8 heteroatoms. The van der Waals surface area contributed by atoms with Crippen LogP contribution in [0.1, 0.15) is 22.7 Å². The molecule has 7 nitrogen and oxygen atoms in total. The zero-order chi connectivity index (χ0) is 19.0. The predicted molar refractivity (Wildman–Crippen MR) is 105 cm³/mol. The number of anilines is 2. The van der Waals surface area contributed by atoms with Gasteiger partial charge in [0.15, 0.2) is 0 Å². The molecule has 3 heterocycles. The quantitative estimate of drug-likeness (QED) is 0.722. The summed E-state index contributed by atoms with van der Waals surface area (Å²) in [5.41, 5.74) is 2.08. The van der Waals surface area contributed by atoms with E-state index in [1.165, 1.54) is 11.2 Å². The van der Waals surface area contributed by atoms with Gasteiger partial charge in [-0.25, -0.2) is 4.68 Å². The molecule has 0 unspecified atom stereocenters. The van der Waals surface area contributed by atoms with Crippen LogP contribution >= 0.6 is 11.3 Å². The van der Waals surface area contributed by atoms with Crippen LogP contribution in [0.4, 0.5) is 11.6 Å². The second-order valence-electron chi connectivity index (χ2n) is 6.23. The Balaban J connectivity index is 1.70. The van der Waals surface area contributed by atoms with Crippen molar-refractivity contribution >= 4 is 28.9 Å². The molecule has 1 aromatic carbocycles. The molecule has 1 aliphatic rings. The lowest BCUT2D eigenvalue weighted by Crippen LogP contribution is -2.31. The van der Waals surface area contributed by atoms with E-state index in [9.17, 15) is 4.79 Å². The highest BCUT2D eigenvalue weighted by molar-refractivity contribution is 7.12. The maximum atomic E-state index is 13.2. The van der Waals surface area contributed by atoms with Crippen molar-refractivity contribution in [2.24, 2.45) is 0 Å². The summed E-state index contributed by atoms with van der Waals surface area (Å²) in [4.78, 5) is 19.6. The topological polar surface area (TPSA) is 81.1 Å². The minimum atomic E-state index is -0.319. The number of methoxy groups -OCH3 is 1. The summed E-state index contributed by atoms with van der Waals surface area (Å²) in [5.74, 6) is 1.19. The minimum absolute atomic E-state index is 0.178. The molecule has 4 rings (SSSR count). The number of rotatable bonds is 4. The van der Waals surface area contributed by atoms with Gasteiger partial charge in [-0.3, -0.25) is 4.79 Å². The highest BCUT2D eigenvalue weighted by Crippen LogP contribution is 2.38. The van der Waals surface area contributed by atoms with E-state index in [2.05, 4.69) is 20.7 Å². The Morgan fingerprint density at radius 2 is 2.00 bits per heavy atom. The molecule has 27 heavy (non-hydrogen) atoms. The van der Waals surface area contributed by atoms with Gasteiger partial charge in [0, 0.05) is 21.1 Å². The molecule has 3 aromatic rings. The van der Waals surface area contributed by atoms with Crippen molar-refractivity contribution in [1.82, 2.24) is 14.8 Å². The molecule has 0 saturated heterocycles. The van der Waals surface area contributed by atoms with E-state index in [0.29, 0.717) is 17.2 Å². The number of nitrogens with one attached hydrogen (secondary N) is 2. The molecule has 0 aliphatic carbocycles. The number of aromatic nitrogens is 3. The number of benzene rings is 1. The summed E-state index contributed by atoms with van der Waals surface area (Å²) in [5, 5.41) is 10.5. The molecular weight excluding hydrogens is 362 g/mol. The molecule has 0 spiro atoms. The summed E-state index contributed by atoms with van der Waals surface area (Å²) in [6, 6.07) is 11.0. The second kappa shape index (κ2) is 6.88. The zero-order valence-electron chi connectivity index (χ0n) is 15.2. The number of carbonyl (C=O) groups is 1. The number of nitrogens with zero attached hydrogens (tertiary/aromatic N) is 3. The highest BCUT2D eigenvalue weighted by Gasteiger charge is 2.34. The lowest BCUT2D eigenvalue weighted by molar-refractivity contribution is -0.113. The van der Waals surface area contributed by atoms with Crippen LogP contribution in [-0.2, 0) is 4.79 Å². The van der Waals surface area contributed by atoms with Gasteiger partial charge >= 0.3 is 0 Å². The first kappa shape index (κ1) is 17.3. The van der Waals surface area contributed by atoms with E-state index in [1.807, 2.05) is 50.2 Å². The molecular formula is C19H19N5O2S. The Morgan fingerprint density at radius 1 is 1.22 bits per heavy atom. The third kappa shape index (κ3) is 3.19. The normalized spacial score (nSPS) is 15.9. The lowest BCUT2D eigenvalue weighted by atomic mass is 10.0. The van der Waals surface area contributed by atoms with Crippen molar-refractivity contribution in [3.8, 4) is 5.75 Å². The first-order valence-corrected chi connectivity index (χ1v) is 9.27. The van der Waals surface area contributed by atoms with Gasteiger partial charge in [-0.05, 0) is 50.2 Å². The molecule has 1 aliphatic heterocycles. The molecule has 1 atom stereocenters. The Bertz CT molecular complexity index is 1020. The Kier molecular flexibility index (Phi) is 4.41. The molecule has 2 aromatic heterocycles. The molecule has 138 valence electrons. The lowest BCUT2D eigenvalue weighted by Gasteiger charge is -2.27. The zero-order valence-corrected chi connectivity index (χ0v) is 16.0. The van der Waals surface area contributed by atoms with Gasteiger partial charge in [0.2, 0.25) is 5.95 Å². The largest absolute Gasteiger partial charge is 0.497 e. The van der Waals surface area contributed by atoms with E-state index in [1.54, 1.807) is 23.1 Å². The minimum Gasteiger partial charge on any atom is -0.497 e. The third-order valence-electron chi connectivity index (χ3n) is 4.42. The van der Waals surface area contributed by atoms with E-state index < -0.39 is 0 Å². The summed E-state index contributed by atoms with van der Waals surface area (Å²) in [6.07, 6.45) is 1.49. The molecule has 1 amide bonds. The van der Waals surface area contributed by atoms with Crippen LogP contribution in [-0.4, -0.2) is 27.8 Å². The highest BCUT2D eigenvalue weighted by atomic mass is 32.1. The first-order chi connectivity index (χ1) is 13.1. The fraction of sp³-hybridized carbons (Fsp3) is 0.211. The van der Waals surface area contributed by atoms with Gasteiger partial charge in [0.1, 0.15) is 18.1 Å². The van der Waals surface area contributed by atoms with Gasteiger partial charge in [0.25, 0.3) is 5.91 Å². The molecule has 0 saturated carbocycles. The summed E-state index contributed by atoms with van der Waals surface area (Å²) in [6.45, 7) is 3.93. The Morgan fingerprint density at radius 3 is 2.67 bits per heavy atom. The van der Waals surface area contributed by atoms with Gasteiger partial charge < -0.3 is 15.4 Å². The third-order valence-corrected chi connectivity index (χ3v) is 5.47. The molecule has 2 N–H and O–H groups in total. The van der Waals surface area contributed by atoms with Gasteiger partial charge in [-0.15, -0.1) is 11.3 Å². The maximum absolute atomic E-state index is 13.2. The van der Waals surface area contributed by atoms with Gasteiger partial charge in [0.05, 0.1) is 12.7 Å². The van der Waals surface area contributed by atoms with E-state index in [-0.39, 0.29) is 11.9 Å². The average molecular weight is 381 g/mol. The fourth-order valence-corrected chi connectivity index (χ4v) is 4.09. The molecule has 0 bridgehead atoms. The number of allylic oxidation sites excluding steroid dienone is 1. The molecule has 0 radical (unpaired) electrons. The number of hydrogen-bond donors (Lipinski definition) is 2. The molecule has 0 fully saturated rings. The van der Waals surface area contributed by atoms with Crippen LogP contribution in [0.3, 0.4) is 0 Å². The Hall–Kier alpha value is -3.13. The standard InChI is InChI=1S/C19H19N5O2S/c1-11-4-9-15(27-11)17-16(12(2)22-19-20-10-21-24(17)19)18(25)23-13-5-7-14(26-3)8-6-13/h4-10,17H,1-3H3,(H,23,25)(H,20,21,22)/t17-/m1/s1. The van der Waals surface area contributed by atoms with Gasteiger partial charge in [-0.1, -0.05) is 0 Å². The maximum Gasteiger partial charge on any atom is 0.255 e. The van der Waals surface area contributed by atoms with Crippen LogP contribution in [0.15, 0.2) is 54.0 Å². The van der Waals surface area contributed by atoms with Crippen molar-refractivity contribution < 1.29 is 9.53 Å². The summed E-state index contributed by atoms with van der Waals surface area (Å²) < 4.78 is 6.92. The fourth-order valence-electron chi connectivity index (χ4n) is 3.12. The smallest absolute Gasteiger partial charge is 0.255 e. The number of hydrogen-bond acceptors (Lipinski definition) is 6. The van der Waals surface area contributed by atoms with Crippen LogP contribution < -0.4 is 15.4 Å². The summed E-state index contributed by atoms with van der Waals surface area (Å²) >= 11 is 1.65. The monoisotopic (exact) mass is 381 g/mol. The van der Waals surface area contributed by atoms with E-state index in [4.69, 9.17) is 4.74 Å². The second-order valence-corrected chi connectivity index (χ2v) is 7.54. The predicted octanol–water partition coefficient (Wildman–Crippen LogP) is 3.58. The Labute approximate surface area is 160 Å². The SMILES string of the molecule is COc1ccc(NC(=O)C2=C(C)Nc3ncnn3[C@@H]2c2ccc(C)s2)cc1. The van der Waals surface area contributed by atoms with Crippen molar-refractivity contribution in [3.63, 3.8) is 0 Å². The van der Waals surface area contributed by atoms with Crippen molar-refractivity contribution in [2.75, 3.05) is 17.7 Å². The summed E-state index contributed by atoms with van der Waals surface area (Å²) in [7, 11) is 1.61. The number of carbonyl (C=O) groups excluding carboxylic acids is 1. The van der Waals surface area contributed by atoms with Crippen molar-refractivity contribution in [3.05, 3.63) is 63.7 Å². The first-order valence-electron chi connectivity index (χ1n) is 8.46. The van der Waals surface area contributed by atoms with Crippen LogP contribution in [0, 0.1) is 6.92 Å². The average Bonchev–Trinajstić information content (AvgIpc) is 3.29. The number of aryl methyl sites for hydroxylation is 1. The van der Waals surface area contributed by atoms with E-state index >= 15 is 0 Å². The van der Waals surface area contributed by atoms with Crippen molar-refractivity contribution in [1.29, 1.82) is 0 Å². The number of ether oxygens (including phenoxy) is 1. The van der Waals surface area contributed by atoms with Gasteiger partial charge in [-0.2, -0.15) is 10.1 Å². The van der Waals surface area contributed by atoms with Crippen LogP contribution in [0.5, 0.6) is 5.75 Å².